The lowest BCUT2D eigenvalue weighted by atomic mass is 10.1. The molecule has 21 heavy (non-hydrogen) atoms. The first kappa shape index (κ1) is 14.0. The average molecular weight is 303 g/mol. The minimum absolute atomic E-state index is 0.252. The molecule has 3 heterocycles. The first-order chi connectivity index (χ1) is 10.2. The molecule has 1 aliphatic rings. The van der Waals surface area contributed by atoms with E-state index in [0.29, 0.717) is 16.4 Å². The number of piperidine rings is 1. The Kier molecular flexibility index (Phi) is 4.17. The van der Waals surface area contributed by atoms with Crippen LogP contribution in [0.2, 0.25) is 0 Å². The minimum atomic E-state index is -0.340. The number of nitrogens with two attached hydrogens (primary N) is 1. The molecule has 0 atom stereocenters. The zero-order valence-electron chi connectivity index (χ0n) is 11.6. The molecule has 0 unspecified atom stereocenters. The Morgan fingerprint density at radius 1 is 1.33 bits per heavy atom. The topological polar surface area (TPSA) is 68.4 Å². The van der Waals surface area contributed by atoms with Gasteiger partial charge in [0.15, 0.2) is 11.6 Å². The Balaban J connectivity index is 1.78. The third kappa shape index (κ3) is 3.22. The van der Waals surface area contributed by atoms with Crippen LogP contribution in [0.1, 0.15) is 22.5 Å². The van der Waals surface area contributed by atoms with E-state index in [9.17, 15) is 4.79 Å². The van der Waals surface area contributed by atoms with Crippen molar-refractivity contribution < 1.29 is 9.53 Å². The molecule has 0 saturated carbocycles. The normalized spacial score (nSPS) is 16.0. The second-order valence-corrected chi connectivity index (χ2v) is 5.96. The van der Waals surface area contributed by atoms with Crippen LogP contribution in [0.15, 0.2) is 35.8 Å². The quantitative estimate of drug-likeness (QED) is 0.881. The van der Waals surface area contributed by atoms with Crippen molar-refractivity contribution in [3.05, 3.63) is 40.7 Å². The smallest absolute Gasteiger partial charge is 0.353 e. The summed E-state index contributed by atoms with van der Waals surface area (Å²) in [6.45, 7) is 1.67. The number of hydrogen-bond donors (Lipinski definition) is 1. The Hall–Kier alpha value is -1.92. The Morgan fingerprint density at radius 3 is 2.86 bits per heavy atom. The zero-order chi connectivity index (χ0) is 14.7. The summed E-state index contributed by atoms with van der Waals surface area (Å²) < 4.78 is 5.51. The van der Waals surface area contributed by atoms with Gasteiger partial charge in [-0.3, -0.25) is 0 Å². The van der Waals surface area contributed by atoms with Crippen LogP contribution in [0, 0.1) is 0 Å². The molecule has 1 fully saturated rings. The van der Waals surface area contributed by atoms with Crippen LogP contribution in [0.3, 0.4) is 0 Å². The molecular formula is C15H17N3O2S. The van der Waals surface area contributed by atoms with Crippen LogP contribution < -0.4 is 15.4 Å². The number of anilines is 1. The lowest BCUT2D eigenvalue weighted by Gasteiger charge is -2.31. The number of thiophene rings is 1. The average Bonchev–Trinajstić information content (AvgIpc) is 3.03. The maximum absolute atomic E-state index is 12.1. The molecule has 0 bridgehead atoms. The van der Waals surface area contributed by atoms with Crippen molar-refractivity contribution in [3.63, 3.8) is 0 Å². The fourth-order valence-corrected chi connectivity index (χ4v) is 2.95. The van der Waals surface area contributed by atoms with Gasteiger partial charge in [0, 0.05) is 25.3 Å². The van der Waals surface area contributed by atoms with E-state index >= 15 is 0 Å². The summed E-state index contributed by atoms with van der Waals surface area (Å²) in [6, 6.07) is 7.39. The molecule has 0 spiro atoms. The Morgan fingerprint density at radius 2 is 2.14 bits per heavy atom. The maximum Gasteiger partial charge on any atom is 0.353 e. The highest BCUT2D eigenvalue weighted by atomic mass is 32.1. The third-order valence-electron chi connectivity index (χ3n) is 3.52. The van der Waals surface area contributed by atoms with Crippen molar-refractivity contribution >= 4 is 23.1 Å². The highest BCUT2D eigenvalue weighted by molar-refractivity contribution is 7.12. The molecular weight excluding hydrogens is 286 g/mol. The lowest BCUT2D eigenvalue weighted by molar-refractivity contribution is 0.0739. The van der Waals surface area contributed by atoms with E-state index in [1.807, 2.05) is 11.4 Å². The van der Waals surface area contributed by atoms with Crippen molar-refractivity contribution in [2.75, 3.05) is 18.0 Å². The number of aromatic nitrogens is 1. The monoisotopic (exact) mass is 303 g/mol. The molecule has 1 aliphatic heterocycles. The van der Waals surface area contributed by atoms with E-state index in [2.05, 4.69) is 9.88 Å². The second kappa shape index (κ2) is 6.24. The summed E-state index contributed by atoms with van der Waals surface area (Å²) in [5.41, 5.74) is 5.93. The van der Waals surface area contributed by atoms with Crippen LogP contribution in [0.25, 0.3) is 0 Å². The van der Waals surface area contributed by atoms with Gasteiger partial charge in [0.1, 0.15) is 4.88 Å². The molecule has 6 heteroatoms. The first-order valence-corrected chi connectivity index (χ1v) is 7.83. The van der Waals surface area contributed by atoms with Gasteiger partial charge >= 0.3 is 5.97 Å². The molecule has 0 amide bonds. The SMILES string of the molecule is NC1CCN(c2ncccc2OC(=O)c2cccs2)CC1. The predicted molar refractivity (Wildman–Crippen MR) is 82.9 cm³/mol. The zero-order valence-corrected chi connectivity index (χ0v) is 12.4. The Bertz CT molecular complexity index is 607. The summed E-state index contributed by atoms with van der Waals surface area (Å²) in [6.07, 6.45) is 3.57. The van der Waals surface area contributed by atoms with Gasteiger partial charge in [-0.25, -0.2) is 9.78 Å². The van der Waals surface area contributed by atoms with E-state index in [-0.39, 0.29) is 12.0 Å². The van der Waals surface area contributed by atoms with Gasteiger partial charge in [0.2, 0.25) is 0 Å². The fourth-order valence-electron chi connectivity index (χ4n) is 2.36. The number of pyridine rings is 1. The van der Waals surface area contributed by atoms with Gasteiger partial charge in [-0.15, -0.1) is 11.3 Å². The van der Waals surface area contributed by atoms with Crippen molar-refractivity contribution in [3.8, 4) is 5.75 Å². The molecule has 3 rings (SSSR count). The summed E-state index contributed by atoms with van der Waals surface area (Å²) in [7, 11) is 0. The fraction of sp³-hybridized carbons (Fsp3) is 0.333. The van der Waals surface area contributed by atoms with E-state index in [0.717, 1.165) is 25.9 Å². The number of esters is 1. The van der Waals surface area contributed by atoms with Gasteiger partial charge < -0.3 is 15.4 Å². The van der Waals surface area contributed by atoms with Gasteiger partial charge in [0.25, 0.3) is 0 Å². The van der Waals surface area contributed by atoms with Crippen molar-refractivity contribution in [2.45, 2.75) is 18.9 Å². The van der Waals surface area contributed by atoms with Crippen molar-refractivity contribution in [1.82, 2.24) is 4.98 Å². The second-order valence-electron chi connectivity index (χ2n) is 5.02. The molecule has 110 valence electrons. The summed E-state index contributed by atoms with van der Waals surface area (Å²) >= 11 is 1.37. The summed E-state index contributed by atoms with van der Waals surface area (Å²) in [5.74, 6) is 0.883. The number of rotatable bonds is 3. The summed E-state index contributed by atoms with van der Waals surface area (Å²) in [5, 5.41) is 1.85. The molecule has 2 N–H and O–H groups in total. The van der Waals surface area contributed by atoms with E-state index < -0.39 is 0 Å². The van der Waals surface area contributed by atoms with E-state index in [4.69, 9.17) is 10.5 Å². The Labute approximate surface area is 127 Å². The van der Waals surface area contributed by atoms with E-state index in [1.165, 1.54) is 11.3 Å². The predicted octanol–water partition coefficient (Wildman–Crippen LogP) is 2.29. The third-order valence-corrected chi connectivity index (χ3v) is 4.36. The van der Waals surface area contributed by atoms with Crippen LogP contribution in [0.5, 0.6) is 5.75 Å². The van der Waals surface area contributed by atoms with Gasteiger partial charge in [-0.2, -0.15) is 0 Å². The van der Waals surface area contributed by atoms with Gasteiger partial charge in [0.05, 0.1) is 0 Å². The maximum atomic E-state index is 12.1. The number of nitrogens with zero attached hydrogens (tertiary/aromatic N) is 2. The molecule has 1 saturated heterocycles. The highest BCUT2D eigenvalue weighted by Crippen LogP contribution is 2.28. The molecule has 0 aromatic carbocycles. The number of hydrogen-bond acceptors (Lipinski definition) is 6. The number of ether oxygens (including phenoxy) is 1. The van der Waals surface area contributed by atoms with Crippen LogP contribution >= 0.6 is 11.3 Å². The van der Waals surface area contributed by atoms with Gasteiger partial charge in [-0.1, -0.05) is 6.07 Å². The largest absolute Gasteiger partial charge is 0.418 e. The van der Waals surface area contributed by atoms with Crippen molar-refractivity contribution in [1.29, 1.82) is 0 Å². The van der Waals surface area contributed by atoms with Gasteiger partial charge in [-0.05, 0) is 36.4 Å². The molecule has 2 aromatic rings. The molecule has 0 radical (unpaired) electrons. The lowest BCUT2D eigenvalue weighted by Crippen LogP contribution is -2.40. The standard InChI is InChI=1S/C15H17N3O2S/c16-11-5-8-18(9-6-11)14-12(3-1-7-17-14)20-15(19)13-4-2-10-21-13/h1-4,7,10-11H,5-6,8-9,16H2. The van der Waals surface area contributed by atoms with Crippen LogP contribution in [0.4, 0.5) is 5.82 Å². The van der Waals surface area contributed by atoms with E-state index in [1.54, 1.807) is 24.4 Å². The highest BCUT2D eigenvalue weighted by Gasteiger charge is 2.21. The molecule has 0 aliphatic carbocycles. The number of carbonyl (C=O) groups excluding carboxylic acids is 1. The molecule has 5 nitrogen and oxygen atoms in total. The molecule has 2 aromatic heterocycles. The van der Waals surface area contributed by atoms with Crippen LogP contribution in [-0.2, 0) is 0 Å². The summed E-state index contributed by atoms with van der Waals surface area (Å²) in [4.78, 5) is 19.2. The first-order valence-electron chi connectivity index (χ1n) is 6.95. The van der Waals surface area contributed by atoms with Crippen LogP contribution in [-0.4, -0.2) is 30.1 Å². The van der Waals surface area contributed by atoms with Crippen molar-refractivity contribution in [2.24, 2.45) is 5.73 Å². The number of carbonyl (C=O) groups is 1. The minimum Gasteiger partial charge on any atom is -0.418 e.